The molecule has 0 aliphatic rings. The molecule has 2 rings (SSSR count). The van der Waals surface area contributed by atoms with Gasteiger partial charge in [0.1, 0.15) is 12.1 Å². The maximum Gasteiger partial charge on any atom is 0.408 e. The lowest BCUT2D eigenvalue weighted by Crippen LogP contribution is -2.39. The van der Waals surface area contributed by atoms with Gasteiger partial charge in [-0.25, -0.2) is 4.79 Å². The average molecular weight is 426 g/mol. The van der Waals surface area contributed by atoms with Gasteiger partial charge in [-0.2, -0.15) is 0 Å². The van der Waals surface area contributed by atoms with Crippen molar-refractivity contribution in [2.75, 3.05) is 11.9 Å². The Morgan fingerprint density at radius 1 is 0.839 bits per heavy atom. The fourth-order valence-corrected chi connectivity index (χ4v) is 2.67. The number of hydrogen-bond acceptors (Lipinski definition) is 4. The van der Waals surface area contributed by atoms with Crippen LogP contribution < -0.4 is 16.0 Å². The number of anilines is 1. The molecule has 0 heterocycles. The molecule has 0 saturated carbocycles. The van der Waals surface area contributed by atoms with E-state index >= 15 is 0 Å². The van der Waals surface area contributed by atoms with Crippen molar-refractivity contribution in [3.05, 3.63) is 65.2 Å². The van der Waals surface area contributed by atoms with Crippen LogP contribution in [0.4, 0.5) is 10.5 Å². The number of alkyl carbamates (subject to hydrolysis) is 1. The molecule has 7 heteroatoms. The summed E-state index contributed by atoms with van der Waals surface area (Å²) in [6, 6.07) is 15.4. The van der Waals surface area contributed by atoms with Crippen molar-refractivity contribution in [1.82, 2.24) is 10.6 Å². The molecule has 0 radical (unpaired) electrons. The fourth-order valence-electron chi connectivity index (χ4n) is 2.67. The number of rotatable bonds is 8. The maximum atomic E-state index is 12.2. The van der Waals surface area contributed by atoms with Crippen molar-refractivity contribution in [3.8, 4) is 0 Å². The summed E-state index contributed by atoms with van der Waals surface area (Å²) in [4.78, 5) is 35.6. The Kier molecular flexibility index (Phi) is 8.61. The van der Waals surface area contributed by atoms with Gasteiger partial charge in [0.15, 0.2) is 0 Å². The zero-order chi connectivity index (χ0) is 22.9. The predicted molar refractivity (Wildman–Crippen MR) is 121 cm³/mol. The first-order valence-corrected chi connectivity index (χ1v) is 10.3. The molecule has 0 atom stereocenters. The molecule has 0 aromatic heterocycles. The van der Waals surface area contributed by atoms with Crippen LogP contribution in [-0.2, 0) is 27.3 Å². The molecule has 0 fully saturated rings. The van der Waals surface area contributed by atoms with Gasteiger partial charge in [0, 0.05) is 18.7 Å². The number of nitrogens with one attached hydrogen (secondary N) is 3. The predicted octanol–water partition coefficient (Wildman–Crippen LogP) is 3.71. The van der Waals surface area contributed by atoms with Gasteiger partial charge in [0.25, 0.3) is 0 Å². The number of hydrogen-bond donors (Lipinski definition) is 3. The molecule has 0 unspecified atom stereocenters. The minimum absolute atomic E-state index is 0.0464. The number of amides is 3. The van der Waals surface area contributed by atoms with Crippen LogP contribution in [0.1, 0.15) is 43.9 Å². The standard InChI is InChI=1S/C24H31N3O4/c1-17-5-7-18(8-6-17)11-14-21(28)27-20-12-9-19(10-13-20)15-25-22(29)16-26-23(30)31-24(2,3)4/h5-10,12-13H,11,14-16H2,1-4H3,(H,25,29)(H,26,30)(H,27,28). The van der Waals surface area contributed by atoms with Gasteiger partial charge < -0.3 is 20.7 Å². The molecular formula is C24H31N3O4. The van der Waals surface area contributed by atoms with Gasteiger partial charge in [-0.15, -0.1) is 0 Å². The zero-order valence-electron chi connectivity index (χ0n) is 18.6. The van der Waals surface area contributed by atoms with Crippen molar-refractivity contribution >= 4 is 23.6 Å². The van der Waals surface area contributed by atoms with Crippen molar-refractivity contribution in [2.24, 2.45) is 0 Å². The lowest BCUT2D eigenvalue weighted by Gasteiger charge is -2.19. The van der Waals surface area contributed by atoms with Crippen LogP contribution in [0.3, 0.4) is 0 Å². The summed E-state index contributed by atoms with van der Waals surface area (Å²) >= 11 is 0. The van der Waals surface area contributed by atoms with E-state index in [9.17, 15) is 14.4 Å². The highest BCUT2D eigenvalue weighted by atomic mass is 16.6. The third kappa shape index (κ3) is 9.80. The number of aryl methyl sites for hydroxylation is 2. The normalized spacial score (nSPS) is 10.8. The Morgan fingerprint density at radius 3 is 2.06 bits per heavy atom. The van der Waals surface area contributed by atoms with E-state index in [4.69, 9.17) is 4.74 Å². The number of carbonyl (C=O) groups is 3. The summed E-state index contributed by atoms with van der Waals surface area (Å²) in [6.07, 6.45) is 0.462. The SMILES string of the molecule is Cc1ccc(CCC(=O)Nc2ccc(CNC(=O)CNC(=O)OC(C)(C)C)cc2)cc1. The smallest absolute Gasteiger partial charge is 0.408 e. The van der Waals surface area contributed by atoms with E-state index in [-0.39, 0.29) is 18.4 Å². The van der Waals surface area contributed by atoms with Gasteiger partial charge in [0.05, 0.1) is 0 Å². The molecule has 3 amide bonds. The summed E-state index contributed by atoms with van der Waals surface area (Å²) in [5, 5.41) is 8.01. The zero-order valence-corrected chi connectivity index (χ0v) is 18.6. The average Bonchev–Trinajstić information content (AvgIpc) is 2.70. The van der Waals surface area contributed by atoms with E-state index in [2.05, 4.69) is 16.0 Å². The van der Waals surface area contributed by atoms with Crippen LogP contribution in [0, 0.1) is 6.92 Å². The van der Waals surface area contributed by atoms with Crippen molar-refractivity contribution < 1.29 is 19.1 Å². The molecular weight excluding hydrogens is 394 g/mol. The maximum absolute atomic E-state index is 12.2. The lowest BCUT2D eigenvalue weighted by molar-refractivity contribution is -0.120. The summed E-state index contributed by atoms with van der Waals surface area (Å²) in [5.41, 5.74) is 3.30. The van der Waals surface area contributed by atoms with Crippen LogP contribution in [-0.4, -0.2) is 30.1 Å². The van der Waals surface area contributed by atoms with Gasteiger partial charge in [-0.1, -0.05) is 42.0 Å². The lowest BCUT2D eigenvalue weighted by atomic mass is 10.1. The Morgan fingerprint density at radius 2 is 1.45 bits per heavy atom. The van der Waals surface area contributed by atoms with Crippen molar-refractivity contribution in [3.63, 3.8) is 0 Å². The van der Waals surface area contributed by atoms with E-state index in [0.717, 1.165) is 11.1 Å². The van der Waals surface area contributed by atoms with E-state index in [0.29, 0.717) is 25.1 Å². The summed E-state index contributed by atoms with van der Waals surface area (Å²) < 4.78 is 5.08. The third-order valence-corrected chi connectivity index (χ3v) is 4.28. The molecule has 7 nitrogen and oxygen atoms in total. The number of benzene rings is 2. The quantitative estimate of drug-likeness (QED) is 0.601. The largest absolute Gasteiger partial charge is 0.444 e. The number of carbonyl (C=O) groups excluding carboxylic acids is 3. The minimum Gasteiger partial charge on any atom is -0.444 e. The van der Waals surface area contributed by atoms with Crippen LogP contribution >= 0.6 is 0 Å². The first-order chi connectivity index (χ1) is 14.6. The Bertz CT molecular complexity index is 885. The van der Waals surface area contributed by atoms with Crippen LogP contribution in [0.15, 0.2) is 48.5 Å². The molecule has 0 bridgehead atoms. The minimum atomic E-state index is -0.634. The fraction of sp³-hybridized carbons (Fsp3) is 0.375. The van der Waals surface area contributed by atoms with Crippen molar-refractivity contribution in [2.45, 2.75) is 52.7 Å². The molecule has 0 aliphatic carbocycles. The van der Waals surface area contributed by atoms with Gasteiger partial charge in [-0.05, 0) is 57.4 Å². The van der Waals surface area contributed by atoms with Gasteiger partial charge in [0.2, 0.25) is 11.8 Å². The highest BCUT2D eigenvalue weighted by Crippen LogP contribution is 2.11. The first-order valence-electron chi connectivity index (χ1n) is 10.3. The summed E-state index contributed by atoms with van der Waals surface area (Å²) in [5.74, 6) is -0.366. The van der Waals surface area contributed by atoms with Gasteiger partial charge >= 0.3 is 6.09 Å². The highest BCUT2D eigenvalue weighted by molar-refractivity contribution is 5.90. The Labute approximate surface area is 183 Å². The second-order valence-electron chi connectivity index (χ2n) is 8.36. The molecule has 2 aromatic rings. The molecule has 0 saturated heterocycles. The van der Waals surface area contributed by atoms with Crippen LogP contribution in [0.2, 0.25) is 0 Å². The van der Waals surface area contributed by atoms with E-state index in [1.807, 2.05) is 43.3 Å². The first kappa shape index (κ1) is 23.9. The second kappa shape index (κ2) is 11.2. The second-order valence-corrected chi connectivity index (χ2v) is 8.36. The highest BCUT2D eigenvalue weighted by Gasteiger charge is 2.16. The molecule has 3 N–H and O–H groups in total. The Balaban J connectivity index is 1.70. The van der Waals surface area contributed by atoms with Crippen molar-refractivity contribution in [1.29, 1.82) is 0 Å². The molecule has 31 heavy (non-hydrogen) atoms. The molecule has 166 valence electrons. The number of ether oxygens (including phenoxy) is 1. The monoisotopic (exact) mass is 425 g/mol. The van der Waals surface area contributed by atoms with E-state index in [1.54, 1.807) is 32.9 Å². The van der Waals surface area contributed by atoms with E-state index in [1.165, 1.54) is 5.56 Å². The molecule has 0 aliphatic heterocycles. The van der Waals surface area contributed by atoms with Crippen LogP contribution in [0.25, 0.3) is 0 Å². The molecule has 0 spiro atoms. The topological polar surface area (TPSA) is 96.5 Å². The third-order valence-electron chi connectivity index (χ3n) is 4.28. The van der Waals surface area contributed by atoms with Gasteiger partial charge in [-0.3, -0.25) is 9.59 Å². The van der Waals surface area contributed by atoms with Crippen LogP contribution in [0.5, 0.6) is 0 Å². The van der Waals surface area contributed by atoms with E-state index < -0.39 is 11.7 Å². The summed E-state index contributed by atoms with van der Waals surface area (Å²) in [7, 11) is 0. The molecule has 2 aromatic carbocycles. The Hall–Kier alpha value is -3.35. The summed E-state index contributed by atoms with van der Waals surface area (Å²) in [6.45, 7) is 7.45.